The van der Waals surface area contributed by atoms with Gasteiger partial charge in [-0.05, 0) is 26.2 Å². The smallest absolute Gasteiger partial charge is 0.306 e. The van der Waals surface area contributed by atoms with Gasteiger partial charge in [-0.1, -0.05) is 6.92 Å². The Morgan fingerprint density at radius 1 is 1.07 bits per heavy atom. The maximum Gasteiger partial charge on any atom is 0.306 e. The molecule has 15 heavy (non-hydrogen) atoms. The monoisotopic (exact) mass is 216 g/mol. The van der Waals surface area contributed by atoms with Gasteiger partial charge in [-0.3, -0.25) is 9.59 Å². The van der Waals surface area contributed by atoms with Crippen LogP contribution in [-0.2, 0) is 19.1 Å². The zero-order valence-corrected chi connectivity index (χ0v) is 9.75. The first kappa shape index (κ1) is 13.9. The third-order valence-corrected chi connectivity index (χ3v) is 1.97. The van der Waals surface area contributed by atoms with Gasteiger partial charge in [0.2, 0.25) is 0 Å². The van der Waals surface area contributed by atoms with E-state index in [1.54, 1.807) is 13.8 Å². The summed E-state index contributed by atoms with van der Waals surface area (Å²) in [5, 5.41) is 0. The van der Waals surface area contributed by atoms with Crippen LogP contribution < -0.4 is 0 Å². The number of carbonyl (C=O) groups excluding carboxylic acids is 2. The molecule has 0 fully saturated rings. The molecule has 0 saturated heterocycles. The highest BCUT2D eigenvalue weighted by Gasteiger charge is 2.12. The number of carbonyl (C=O) groups is 2. The number of hydrogen-bond acceptors (Lipinski definition) is 4. The summed E-state index contributed by atoms with van der Waals surface area (Å²) in [4.78, 5) is 22.1. The highest BCUT2D eigenvalue weighted by atomic mass is 16.5. The van der Waals surface area contributed by atoms with Crippen LogP contribution in [-0.4, -0.2) is 25.2 Å². The van der Waals surface area contributed by atoms with Crippen LogP contribution in [0, 0.1) is 5.92 Å². The van der Waals surface area contributed by atoms with E-state index in [9.17, 15) is 9.59 Å². The molecule has 0 bridgehead atoms. The minimum atomic E-state index is -0.201. The minimum absolute atomic E-state index is 0.161. The van der Waals surface area contributed by atoms with Gasteiger partial charge in [-0.25, -0.2) is 0 Å². The zero-order chi connectivity index (χ0) is 11.7. The predicted octanol–water partition coefficient (Wildman–Crippen LogP) is 1.92. The van der Waals surface area contributed by atoms with Gasteiger partial charge in [0.1, 0.15) is 0 Å². The third kappa shape index (κ3) is 7.97. The fraction of sp³-hybridized carbons (Fsp3) is 0.818. The van der Waals surface area contributed by atoms with E-state index in [1.165, 1.54) is 0 Å². The molecule has 0 aliphatic carbocycles. The summed E-state index contributed by atoms with van der Waals surface area (Å²) < 4.78 is 9.60. The lowest BCUT2D eigenvalue weighted by atomic mass is 10.0. The van der Waals surface area contributed by atoms with Crippen LogP contribution in [0.3, 0.4) is 0 Å². The van der Waals surface area contributed by atoms with E-state index < -0.39 is 0 Å². The van der Waals surface area contributed by atoms with Crippen molar-refractivity contribution in [3.63, 3.8) is 0 Å². The maximum absolute atomic E-state index is 11.1. The molecule has 0 aromatic carbocycles. The zero-order valence-electron chi connectivity index (χ0n) is 9.75. The summed E-state index contributed by atoms with van der Waals surface area (Å²) in [7, 11) is 0. The van der Waals surface area contributed by atoms with Gasteiger partial charge in [0, 0.05) is 12.8 Å². The van der Waals surface area contributed by atoms with Gasteiger partial charge >= 0.3 is 11.9 Å². The van der Waals surface area contributed by atoms with Crippen LogP contribution in [0.2, 0.25) is 0 Å². The molecule has 0 aromatic heterocycles. The second-order valence-electron chi connectivity index (χ2n) is 3.46. The molecule has 0 aromatic rings. The molecular weight excluding hydrogens is 196 g/mol. The molecule has 4 heteroatoms. The summed E-state index contributed by atoms with van der Waals surface area (Å²) in [6, 6.07) is 0. The first-order valence-corrected chi connectivity index (χ1v) is 5.41. The molecule has 0 aliphatic rings. The van der Waals surface area contributed by atoms with Gasteiger partial charge in [-0.2, -0.15) is 0 Å². The average Bonchev–Trinajstić information content (AvgIpc) is 2.15. The largest absolute Gasteiger partial charge is 0.466 e. The standard InChI is InChI=1S/C11H20O4/c1-4-14-10(12)7-6-9(3)8-11(13)15-5-2/h9H,4-8H2,1-3H3. The number of esters is 2. The predicted molar refractivity (Wildman–Crippen MR) is 56.3 cm³/mol. The molecule has 0 N–H and O–H groups in total. The summed E-state index contributed by atoms with van der Waals surface area (Å²) in [5.41, 5.74) is 0. The van der Waals surface area contributed by atoms with E-state index in [4.69, 9.17) is 9.47 Å². The molecule has 0 aliphatic heterocycles. The van der Waals surface area contributed by atoms with E-state index in [2.05, 4.69) is 0 Å². The SMILES string of the molecule is CCOC(=O)CCC(C)CC(=O)OCC. The molecule has 88 valence electrons. The van der Waals surface area contributed by atoms with Crippen LogP contribution >= 0.6 is 0 Å². The second kappa shape index (κ2) is 8.26. The Morgan fingerprint density at radius 2 is 1.60 bits per heavy atom. The van der Waals surface area contributed by atoms with E-state index in [0.717, 1.165) is 0 Å². The Kier molecular flexibility index (Phi) is 7.68. The van der Waals surface area contributed by atoms with E-state index in [-0.39, 0.29) is 17.9 Å². The van der Waals surface area contributed by atoms with Crippen molar-refractivity contribution in [2.24, 2.45) is 5.92 Å². The van der Waals surface area contributed by atoms with Crippen LogP contribution in [0.5, 0.6) is 0 Å². The van der Waals surface area contributed by atoms with Gasteiger partial charge < -0.3 is 9.47 Å². The summed E-state index contributed by atoms with van der Waals surface area (Å²) in [6.07, 6.45) is 1.40. The lowest BCUT2D eigenvalue weighted by Gasteiger charge is -2.09. The topological polar surface area (TPSA) is 52.6 Å². The Balaban J connectivity index is 3.60. The molecule has 0 amide bonds. The second-order valence-corrected chi connectivity index (χ2v) is 3.46. The van der Waals surface area contributed by atoms with Crippen molar-refractivity contribution in [3.05, 3.63) is 0 Å². The molecule has 1 atom stereocenters. The van der Waals surface area contributed by atoms with Gasteiger partial charge in [0.15, 0.2) is 0 Å². The van der Waals surface area contributed by atoms with E-state index in [0.29, 0.717) is 32.5 Å². The molecule has 1 unspecified atom stereocenters. The molecule has 0 spiro atoms. The summed E-state index contributed by atoms with van der Waals surface area (Å²) in [5.74, 6) is -0.240. The van der Waals surface area contributed by atoms with Gasteiger partial charge in [-0.15, -0.1) is 0 Å². The van der Waals surface area contributed by atoms with E-state index in [1.807, 2.05) is 6.92 Å². The average molecular weight is 216 g/mol. The quantitative estimate of drug-likeness (QED) is 0.610. The summed E-state index contributed by atoms with van der Waals surface area (Å²) in [6.45, 7) is 6.30. The molecule has 0 rings (SSSR count). The maximum atomic E-state index is 11.1. The van der Waals surface area contributed by atoms with Crippen molar-refractivity contribution < 1.29 is 19.1 Å². The number of hydrogen-bond donors (Lipinski definition) is 0. The number of rotatable bonds is 7. The summed E-state index contributed by atoms with van der Waals surface area (Å²) >= 11 is 0. The first-order valence-electron chi connectivity index (χ1n) is 5.41. The highest BCUT2D eigenvalue weighted by molar-refractivity contribution is 5.70. The molecule has 0 radical (unpaired) electrons. The minimum Gasteiger partial charge on any atom is -0.466 e. The van der Waals surface area contributed by atoms with Crippen molar-refractivity contribution in [2.45, 2.75) is 40.0 Å². The van der Waals surface area contributed by atoms with Crippen molar-refractivity contribution in [3.8, 4) is 0 Å². The molecule has 4 nitrogen and oxygen atoms in total. The van der Waals surface area contributed by atoms with Crippen molar-refractivity contribution >= 4 is 11.9 Å². The first-order chi connectivity index (χ1) is 7.10. The third-order valence-electron chi connectivity index (χ3n) is 1.97. The molecular formula is C11H20O4. The molecule has 0 saturated carbocycles. The van der Waals surface area contributed by atoms with Crippen LogP contribution in [0.25, 0.3) is 0 Å². The fourth-order valence-corrected chi connectivity index (χ4v) is 1.20. The Morgan fingerprint density at radius 3 is 2.13 bits per heavy atom. The van der Waals surface area contributed by atoms with Crippen LogP contribution in [0.15, 0.2) is 0 Å². The highest BCUT2D eigenvalue weighted by Crippen LogP contribution is 2.11. The molecule has 0 heterocycles. The fourth-order valence-electron chi connectivity index (χ4n) is 1.20. The van der Waals surface area contributed by atoms with Crippen LogP contribution in [0.4, 0.5) is 0 Å². The van der Waals surface area contributed by atoms with Crippen molar-refractivity contribution in [1.29, 1.82) is 0 Å². The van der Waals surface area contributed by atoms with Gasteiger partial charge in [0.25, 0.3) is 0 Å². The Hall–Kier alpha value is -1.06. The number of ether oxygens (including phenoxy) is 2. The van der Waals surface area contributed by atoms with E-state index >= 15 is 0 Å². The van der Waals surface area contributed by atoms with Crippen molar-refractivity contribution in [2.75, 3.05) is 13.2 Å². The Bertz CT molecular complexity index is 201. The lowest BCUT2D eigenvalue weighted by molar-refractivity contribution is -0.146. The van der Waals surface area contributed by atoms with Crippen LogP contribution in [0.1, 0.15) is 40.0 Å². The Labute approximate surface area is 90.9 Å². The van der Waals surface area contributed by atoms with Crippen molar-refractivity contribution in [1.82, 2.24) is 0 Å². The normalized spacial score (nSPS) is 11.9. The van der Waals surface area contributed by atoms with Gasteiger partial charge in [0.05, 0.1) is 13.2 Å². The lowest BCUT2D eigenvalue weighted by Crippen LogP contribution is -2.11.